The third-order valence-corrected chi connectivity index (χ3v) is 3.84. The Morgan fingerprint density at radius 3 is 3.06 bits per heavy atom. The van der Waals surface area contributed by atoms with Crippen molar-refractivity contribution in [2.75, 3.05) is 44.3 Å². The lowest BCUT2D eigenvalue weighted by Gasteiger charge is -2.34. The van der Waals surface area contributed by atoms with E-state index in [4.69, 9.17) is 4.74 Å². The van der Waals surface area contributed by atoms with E-state index < -0.39 is 0 Å². The molecule has 0 aliphatic carbocycles. The minimum Gasteiger partial charge on any atom is -0.465 e. The predicted octanol–water partition coefficient (Wildman–Crippen LogP) is 0.967. The maximum atomic E-state index is 11.8. The Labute approximate surface area is 108 Å². The highest BCUT2D eigenvalue weighted by Crippen LogP contribution is 2.09. The van der Waals surface area contributed by atoms with Gasteiger partial charge < -0.3 is 10.1 Å². The molecule has 0 saturated carbocycles. The average molecular weight is 260 g/mol. The maximum Gasteiger partial charge on any atom is 0.324 e. The number of rotatable bonds is 7. The lowest BCUT2D eigenvalue weighted by atomic mass is 10.2. The number of nitrogens with zero attached hydrogens (tertiary/aromatic N) is 1. The number of esters is 1. The summed E-state index contributed by atoms with van der Waals surface area (Å²) in [6.07, 6.45) is 1.15. The maximum absolute atomic E-state index is 11.8. The van der Waals surface area contributed by atoms with Crippen LogP contribution >= 0.6 is 11.8 Å². The second-order valence-corrected chi connectivity index (χ2v) is 5.45. The van der Waals surface area contributed by atoms with E-state index in [0.29, 0.717) is 6.61 Å². The van der Waals surface area contributed by atoms with Crippen molar-refractivity contribution in [3.05, 3.63) is 0 Å². The molecule has 0 amide bonds. The molecule has 1 aliphatic heterocycles. The second kappa shape index (κ2) is 8.78. The molecule has 0 aromatic heterocycles. The number of carbonyl (C=O) groups is 1. The van der Waals surface area contributed by atoms with Gasteiger partial charge in [0.05, 0.1) is 6.61 Å². The van der Waals surface area contributed by atoms with Gasteiger partial charge in [0, 0.05) is 19.6 Å². The highest BCUT2D eigenvalue weighted by molar-refractivity contribution is 7.99. The van der Waals surface area contributed by atoms with Gasteiger partial charge in [0.25, 0.3) is 0 Å². The number of nitrogens with one attached hydrogen (secondary N) is 1. The summed E-state index contributed by atoms with van der Waals surface area (Å²) in [5, 5.41) is 3.26. The topological polar surface area (TPSA) is 41.6 Å². The number of hydrogen-bond acceptors (Lipinski definition) is 5. The minimum absolute atomic E-state index is 0.0807. The van der Waals surface area contributed by atoms with Gasteiger partial charge in [0.2, 0.25) is 0 Å². The van der Waals surface area contributed by atoms with E-state index in [0.717, 1.165) is 32.6 Å². The van der Waals surface area contributed by atoms with Gasteiger partial charge in [-0.3, -0.25) is 9.69 Å². The van der Waals surface area contributed by atoms with Crippen molar-refractivity contribution in [3.8, 4) is 0 Å². The lowest BCUT2D eigenvalue weighted by molar-refractivity contribution is -0.150. The fraction of sp³-hybridized carbons (Fsp3) is 0.917. The Morgan fingerprint density at radius 2 is 2.35 bits per heavy atom. The summed E-state index contributed by atoms with van der Waals surface area (Å²) in [6.45, 7) is 8.14. The van der Waals surface area contributed by atoms with Crippen LogP contribution in [0.5, 0.6) is 0 Å². The van der Waals surface area contributed by atoms with Gasteiger partial charge in [-0.15, -0.1) is 0 Å². The number of hydrogen-bond donors (Lipinski definition) is 1. The van der Waals surface area contributed by atoms with E-state index in [1.807, 2.05) is 18.7 Å². The van der Waals surface area contributed by atoms with Crippen LogP contribution in [0.25, 0.3) is 0 Å². The van der Waals surface area contributed by atoms with Gasteiger partial charge in [-0.2, -0.15) is 11.8 Å². The fourth-order valence-electron chi connectivity index (χ4n) is 2.00. The largest absolute Gasteiger partial charge is 0.465 e. The molecule has 1 fully saturated rings. The first-order valence-electron chi connectivity index (χ1n) is 6.48. The fourth-order valence-corrected chi connectivity index (χ4v) is 2.62. The van der Waals surface area contributed by atoms with Crippen LogP contribution in [0.15, 0.2) is 0 Å². The zero-order chi connectivity index (χ0) is 12.5. The van der Waals surface area contributed by atoms with Gasteiger partial charge in [0.1, 0.15) is 6.04 Å². The SMILES string of the molecule is CCOC(=O)C1CNCCN1CCCSCC. The molecule has 0 aromatic carbocycles. The molecule has 0 radical (unpaired) electrons. The van der Waals surface area contributed by atoms with Crippen molar-refractivity contribution in [2.24, 2.45) is 0 Å². The Bertz CT molecular complexity index is 227. The van der Waals surface area contributed by atoms with E-state index in [1.54, 1.807) is 0 Å². The summed E-state index contributed by atoms with van der Waals surface area (Å²) in [6, 6.07) is -0.0877. The Kier molecular flexibility index (Phi) is 7.64. The lowest BCUT2D eigenvalue weighted by Crippen LogP contribution is -2.55. The highest BCUT2D eigenvalue weighted by atomic mass is 32.2. The van der Waals surface area contributed by atoms with Gasteiger partial charge in [0.15, 0.2) is 0 Å². The quantitative estimate of drug-likeness (QED) is 0.545. The third kappa shape index (κ3) is 5.27. The molecule has 1 N–H and O–H groups in total. The summed E-state index contributed by atoms with van der Waals surface area (Å²) in [5.41, 5.74) is 0. The van der Waals surface area contributed by atoms with E-state index in [2.05, 4.69) is 17.1 Å². The van der Waals surface area contributed by atoms with Crippen LogP contribution in [-0.2, 0) is 9.53 Å². The van der Waals surface area contributed by atoms with Gasteiger partial charge >= 0.3 is 5.97 Å². The van der Waals surface area contributed by atoms with Gasteiger partial charge in [-0.25, -0.2) is 0 Å². The van der Waals surface area contributed by atoms with Crippen molar-refractivity contribution >= 4 is 17.7 Å². The molecule has 1 unspecified atom stereocenters. The first kappa shape index (κ1) is 14.8. The summed E-state index contributed by atoms with van der Waals surface area (Å²) >= 11 is 1.96. The molecular weight excluding hydrogens is 236 g/mol. The Hall–Kier alpha value is -0.260. The molecule has 1 heterocycles. The first-order valence-corrected chi connectivity index (χ1v) is 7.64. The van der Waals surface area contributed by atoms with Crippen molar-refractivity contribution < 1.29 is 9.53 Å². The van der Waals surface area contributed by atoms with Crippen molar-refractivity contribution in [1.82, 2.24) is 10.2 Å². The molecule has 0 aromatic rings. The standard InChI is InChI=1S/C12H24N2O2S/c1-3-16-12(15)11-10-13-6-8-14(11)7-5-9-17-4-2/h11,13H,3-10H2,1-2H3. The summed E-state index contributed by atoms with van der Waals surface area (Å²) in [5.74, 6) is 2.27. The van der Waals surface area contributed by atoms with Crippen molar-refractivity contribution in [2.45, 2.75) is 26.3 Å². The van der Waals surface area contributed by atoms with Crippen LogP contribution < -0.4 is 5.32 Å². The normalized spacial score (nSPS) is 21.4. The third-order valence-electron chi connectivity index (χ3n) is 2.85. The molecule has 0 bridgehead atoms. The van der Waals surface area contributed by atoms with Gasteiger partial charge in [-0.05, 0) is 31.4 Å². The van der Waals surface area contributed by atoms with E-state index >= 15 is 0 Å². The van der Waals surface area contributed by atoms with Crippen molar-refractivity contribution in [1.29, 1.82) is 0 Å². The number of thioether (sulfide) groups is 1. The van der Waals surface area contributed by atoms with Gasteiger partial charge in [-0.1, -0.05) is 6.92 Å². The zero-order valence-corrected chi connectivity index (χ0v) is 11.7. The number of carbonyl (C=O) groups excluding carboxylic acids is 1. The number of piperazine rings is 1. The zero-order valence-electron chi connectivity index (χ0n) is 10.9. The molecular formula is C12H24N2O2S. The summed E-state index contributed by atoms with van der Waals surface area (Å²) in [7, 11) is 0. The average Bonchev–Trinajstić information content (AvgIpc) is 2.35. The monoisotopic (exact) mass is 260 g/mol. The van der Waals surface area contributed by atoms with E-state index in [9.17, 15) is 4.79 Å². The first-order chi connectivity index (χ1) is 8.29. The molecule has 1 aliphatic rings. The van der Waals surface area contributed by atoms with Crippen LogP contribution in [0.4, 0.5) is 0 Å². The van der Waals surface area contributed by atoms with Crippen LogP contribution in [-0.4, -0.2) is 61.2 Å². The molecule has 1 atom stereocenters. The molecule has 1 saturated heterocycles. The predicted molar refractivity (Wildman–Crippen MR) is 72.5 cm³/mol. The second-order valence-electron chi connectivity index (χ2n) is 4.06. The molecule has 100 valence electrons. The van der Waals surface area contributed by atoms with Crippen molar-refractivity contribution in [3.63, 3.8) is 0 Å². The summed E-state index contributed by atoms with van der Waals surface area (Å²) in [4.78, 5) is 14.0. The van der Waals surface area contributed by atoms with E-state index in [-0.39, 0.29) is 12.0 Å². The highest BCUT2D eigenvalue weighted by Gasteiger charge is 2.28. The van der Waals surface area contributed by atoms with Crippen LogP contribution in [0.1, 0.15) is 20.3 Å². The minimum atomic E-state index is -0.0877. The van der Waals surface area contributed by atoms with Crippen LogP contribution in [0.2, 0.25) is 0 Å². The Morgan fingerprint density at radius 1 is 1.53 bits per heavy atom. The van der Waals surface area contributed by atoms with E-state index in [1.165, 1.54) is 11.5 Å². The van der Waals surface area contributed by atoms with Crippen LogP contribution in [0.3, 0.4) is 0 Å². The molecule has 17 heavy (non-hydrogen) atoms. The summed E-state index contributed by atoms with van der Waals surface area (Å²) < 4.78 is 5.11. The smallest absolute Gasteiger partial charge is 0.324 e. The number of ether oxygens (including phenoxy) is 1. The molecule has 1 rings (SSSR count). The molecule has 0 spiro atoms. The molecule has 4 nitrogen and oxygen atoms in total. The van der Waals surface area contributed by atoms with Crippen LogP contribution in [0, 0.1) is 0 Å². The molecule has 5 heteroatoms. The Balaban J connectivity index is 2.34.